The van der Waals surface area contributed by atoms with Gasteiger partial charge in [0.15, 0.2) is 23.3 Å². The molecule has 2 aliphatic rings. The molecule has 6 heterocycles. The Morgan fingerprint density at radius 1 is 0.415 bits per heavy atom. The van der Waals surface area contributed by atoms with E-state index in [0.29, 0.717) is 34.4 Å². The van der Waals surface area contributed by atoms with Crippen molar-refractivity contribution < 1.29 is 24.1 Å². The van der Waals surface area contributed by atoms with Crippen LogP contribution in [0.25, 0.3) is 22.3 Å². The van der Waals surface area contributed by atoms with Crippen LogP contribution in [0.3, 0.4) is 0 Å². The number of aromatic nitrogens is 8. The normalized spacial score (nSPS) is 12.5. The summed E-state index contributed by atoms with van der Waals surface area (Å²) in [5.41, 5.74) is 15.5. The molecule has 0 radical (unpaired) electrons. The van der Waals surface area contributed by atoms with Crippen LogP contribution in [-0.4, -0.2) is 61.8 Å². The molecule has 0 fully saturated rings. The van der Waals surface area contributed by atoms with Gasteiger partial charge in [0.2, 0.25) is 0 Å². The van der Waals surface area contributed by atoms with Crippen LogP contribution >= 0.6 is 0 Å². The minimum Gasteiger partial charge on any atom is -0.397 e. The third-order valence-electron chi connectivity index (χ3n) is 9.91. The molecule has 0 saturated heterocycles. The van der Waals surface area contributed by atoms with Gasteiger partial charge in [0, 0.05) is 84.0 Å². The number of para-hydroxylation sites is 4. The smallest absolute Gasteiger partial charge is 0.341 e. The molecule has 4 aromatic heterocycles. The number of carbonyl (C=O) groups is 2. The molecule has 0 spiro atoms. The number of fused-ring (bicyclic) bond motifs is 6. The summed E-state index contributed by atoms with van der Waals surface area (Å²) < 4.78 is 0. The third-order valence-corrected chi connectivity index (χ3v) is 9.91. The first-order valence-electron chi connectivity index (χ1n) is 18.8. The van der Waals surface area contributed by atoms with Crippen molar-refractivity contribution in [1.82, 2.24) is 39.9 Å². The van der Waals surface area contributed by atoms with E-state index in [1.807, 2.05) is 24.3 Å². The lowest BCUT2D eigenvalue weighted by Gasteiger charge is -2.28. The maximum atomic E-state index is 14.1. The Bertz CT molecular complexity index is 2920. The molecule has 0 bridgehead atoms. The second kappa shape index (κ2) is 17.2. The standard InChI is InChI=1S/C21H12N8O5.C21H16N8O.FH/c30-21-26(17-11-22-7-9-24-17)19-13(3-1-5-15(19)28(31)32)14-4-2-6-16(29(33)34)20(14)27(21)18-12-23-8-10-25-18;22-15-5-1-3-13-14-4-2-6-16(23)20(14)29(18-12-25-8-10-27-18)21(30)28(19(13)15)17-11-24-7-9-26-17;/h1-12H;1-12H,22-23H2;1H. The average Bonchev–Trinajstić information content (AvgIpc) is 3.51. The number of hydrogen-bond acceptors (Lipinski definition) is 16. The fourth-order valence-corrected chi connectivity index (χ4v) is 7.38. The predicted octanol–water partition coefficient (Wildman–Crippen LogP) is 7.82. The highest BCUT2D eigenvalue weighted by molar-refractivity contribution is 6.22. The SMILES string of the molecule is F.Nc1cccc2c1N(c1cnccn1)C(=O)N(c1cnccn1)c1c(N)cccc1-2.O=C1N(c2cnccn2)c2c(cccc2[N+](=O)[O-])-c2cccc([N+](=O)[O-])c2N1c1cnccn1. The van der Waals surface area contributed by atoms with E-state index in [-0.39, 0.29) is 38.8 Å². The number of amides is 4. The zero-order chi connectivity index (χ0) is 44.5. The van der Waals surface area contributed by atoms with E-state index in [9.17, 15) is 29.8 Å². The van der Waals surface area contributed by atoms with E-state index in [2.05, 4.69) is 39.9 Å². The molecule has 4 aromatic carbocycles. The molecule has 320 valence electrons. The monoisotopic (exact) mass is 872 g/mol. The molecule has 0 atom stereocenters. The first-order chi connectivity index (χ1) is 31.2. The summed E-state index contributed by atoms with van der Waals surface area (Å²) in [5.74, 6) is 0.601. The Labute approximate surface area is 364 Å². The van der Waals surface area contributed by atoms with Crippen molar-refractivity contribution >= 4 is 80.8 Å². The summed E-state index contributed by atoms with van der Waals surface area (Å²) in [7, 11) is 0. The van der Waals surface area contributed by atoms with Crippen molar-refractivity contribution in [2.45, 2.75) is 0 Å². The highest BCUT2D eigenvalue weighted by Gasteiger charge is 2.43. The Morgan fingerprint density at radius 2 is 0.692 bits per heavy atom. The number of nitrogen functional groups attached to an aromatic ring is 2. The summed E-state index contributed by atoms with van der Waals surface area (Å²) in [6.45, 7) is 0. The Hall–Kier alpha value is -9.93. The van der Waals surface area contributed by atoms with Gasteiger partial charge in [-0.25, -0.2) is 49.1 Å². The van der Waals surface area contributed by atoms with E-state index in [4.69, 9.17) is 11.5 Å². The van der Waals surface area contributed by atoms with Gasteiger partial charge < -0.3 is 11.5 Å². The number of anilines is 10. The van der Waals surface area contributed by atoms with Gasteiger partial charge in [-0.15, -0.1) is 0 Å². The molecule has 65 heavy (non-hydrogen) atoms. The molecule has 4 amide bonds. The fourth-order valence-electron chi connectivity index (χ4n) is 7.38. The Kier molecular flexibility index (Phi) is 11.1. The predicted molar refractivity (Wildman–Crippen MR) is 236 cm³/mol. The fraction of sp³-hybridized carbons (Fsp3) is 0. The number of nitro groups is 2. The molecule has 0 unspecified atom stereocenters. The Morgan fingerprint density at radius 3 is 0.969 bits per heavy atom. The van der Waals surface area contributed by atoms with E-state index < -0.39 is 33.3 Å². The summed E-state index contributed by atoms with van der Waals surface area (Å²) in [5, 5.41) is 24.0. The summed E-state index contributed by atoms with van der Waals surface area (Å²) in [6.07, 6.45) is 17.0. The second-order valence-corrected chi connectivity index (χ2v) is 13.5. The van der Waals surface area contributed by atoms with Crippen LogP contribution in [0.2, 0.25) is 0 Å². The number of nitrogens with two attached hydrogens (primary N) is 2. The molecule has 0 aliphatic carbocycles. The molecule has 23 heteroatoms. The van der Waals surface area contributed by atoms with Crippen LogP contribution in [0.15, 0.2) is 147 Å². The van der Waals surface area contributed by atoms with Gasteiger partial charge in [0.05, 0.1) is 57.4 Å². The number of carbonyl (C=O) groups excluding carboxylic acids is 2. The Balaban J connectivity index is 0.000000176. The van der Waals surface area contributed by atoms with Gasteiger partial charge in [0.25, 0.3) is 11.4 Å². The molecule has 2 aliphatic heterocycles. The number of urea groups is 2. The van der Waals surface area contributed by atoms with E-state index in [1.54, 1.807) is 24.3 Å². The van der Waals surface area contributed by atoms with E-state index >= 15 is 0 Å². The minimum absolute atomic E-state index is 0. The maximum Gasteiger partial charge on any atom is 0.341 e. The second-order valence-electron chi connectivity index (χ2n) is 13.5. The topological polar surface area (TPSA) is 289 Å². The van der Waals surface area contributed by atoms with E-state index in [0.717, 1.165) is 20.9 Å². The number of halogens is 1. The van der Waals surface area contributed by atoms with Crippen molar-refractivity contribution in [3.8, 4) is 22.3 Å². The van der Waals surface area contributed by atoms with Crippen molar-refractivity contribution in [3.63, 3.8) is 0 Å². The van der Waals surface area contributed by atoms with Crippen LogP contribution in [0.4, 0.5) is 83.1 Å². The van der Waals surface area contributed by atoms with Crippen molar-refractivity contribution in [3.05, 3.63) is 167 Å². The molecule has 4 N–H and O–H groups in total. The van der Waals surface area contributed by atoms with Crippen molar-refractivity contribution in [1.29, 1.82) is 0 Å². The van der Waals surface area contributed by atoms with Gasteiger partial charge in [-0.05, 0) is 12.1 Å². The molecular weight excluding hydrogens is 844 g/mol. The quantitative estimate of drug-likeness (QED) is 0.0914. The van der Waals surface area contributed by atoms with E-state index in [1.165, 1.54) is 108 Å². The zero-order valence-corrected chi connectivity index (χ0v) is 33.1. The van der Waals surface area contributed by atoms with Crippen LogP contribution in [-0.2, 0) is 0 Å². The van der Waals surface area contributed by atoms with Crippen LogP contribution in [0.5, 0.6) is 0 Å². The number of nitrogens with zero attached hydrogens (tertiary/aromatic N) is 14. The molecule has 0 saturated carbocycles. The zero-order valence-electron chi connectivity index (χ0n) is 33.1. The lowest BCUT2D eigenvalue weighted by molar-refractivity contribution is -0.384. The summed E-state index contributed by atoms with van der Waals surface area (Å²) in [6, 6.07) is 18.0. The summed E-state index contributed by atoms with van der Waals surface area (Å²) in [4.78, 5) is 88.9. The highest BCUT2D eigenvalue weighted by atomic mass is 19.0. The third kappa shape index (κ3) is 7.26. The minimum atomic E-state index is -0.885. The largest absolute Gasteiger partial charge is 0.397 e. The number of nitro benzene ring substituents is 2. The van der Waals surface area contributed by atoms with Crippen LogP contribution in [0, 0.1) is 20.2 Å². The molecular formula is C42H29FN16O6. The first kappa shape index (κ1) is 41.8. The van der Waals surface area contributed by atoms with Crippen LogP contribution in [0.1, 0.15) is 0 Å². The van der Waals surface area contributed by atoms with Crippen LogP contribution < -0.4 is 31.1 Å². The van der Waals surface area contributed by atoms with Gasteiger partial charge in [0.1, 0.15) is 11.4 Å². The maximum absolute atomic E-state index is 14.1. The van der Waals surface area contributed by atoms with Gasteiger partial charge in [-0.1, -0.05) is 48.5 Å². The number of rotatable bonds is 6. The lowest BCUT2D eigenvalue weighted by atomic mass is 9.99. The van der Waals surface area contributed by atoms with Gasteiger partial charge in [-0.3, -0.25) is 44.9 Å². The van der Waals surface area contributed by atoms with Crippen molar-refractivity contribution in [2.75, 3.05) is 31.1 Å². The van der Waals surface area contributed by atoms with Crippen molar-refractivity contribution in [2.24, 2.45) is 0 Å². The highest BCUT2D eigenvalue weighted by Crippen LogP contribution is 2.52. The number of hydrogen-bond donors (Lipinski definition) is 2. The van der Waals surface area contributed by atoms with Gasteiger partial charge in [-0.2, -0.15) is 0 Å². The lowest BCUT2D eigenvalue weighted by Crippen LogP contribution is -2.38. The number of benzene rings is 4. The van der Waals surface area contributed by atoms with Gasteiger partial charge >= 0.3 is 12.1 Å². The summed E-state index contributed by atoms with van der Waals surface area (Å²) >= 11 is 0. The average molecular weight is 873 g/mol. The molecule has 8 aromatic rings. The first-order valence-corrected chi connectivity index (χ1v) is 18.8. The molecule has 22 nitrogen and oxygen atoms in total. The molecule has 10 rings (SSSR count).